The molecule has 0 saturated carbocycles. The van der Waals surface area contributed by atoms with Crippen LogP contribution in [0.15, 0.2) is 24.3 Å². The molecule has 1 atom stereocenters. The van der Waals surface area contributed by atoms with Crippen LogP contribution in [0.2, 0.25) is 0 Å². The molecule has 122 valence electrons. The summed E-state index contributed by atoms with van der Waals surface area (Å²) < 4.78 is 0. The van der Waals surface area contributed by atoms with E-state index in [-0.39, 0.29) is 5.91 Å². The minimum absolute atomic E-state index is 0.132. The first-order chi connectivity index (χ1) is 10.7. The highest BCUT2D eigenvalue weighted by molar-refractivity contribution is 7.99. The van der Waals surface area contributed by atoms with Crippen molar-refractivity contribution in [2.24, 2.45) is 5.92 Å². The van der Waals surface area contributed by atoms with Crippen molar-refractivity contribution in [3.8, 4) is 0 Å². The maximum Gasteiger partial charge on any atom is 0.224 e. The number of carbonyl (C=O) groups excluding carboxylic acids is 1. The smallest absolute Gasteiger partial charge is 0.224 e. The molecule has 0 aliphatic carbocycles. The fourth-order valence-electron chi connectivity index (χ4n) is 2.89. The lowest BCUT2D eigenvalue weighted by Gasteiger charge is -2.26. The molecule has 4 heteroatoms. The second-order valence-corrected chi connectivity index (χ2v) is 7.46. The monoisotopic (exact) mass is 320 g/mol. The van der Waals surface area contributed by atoms with E-state index in [2.05, 4.69) is 36.2 Å². The Kier molecular flexibility index (Phi) is 7.26. The number of hydrogen-bond acceptors (Lipinski definition) is 3. The lowest BCUT2D eigenvalue weighted by molar-refractivity contribution is -0.117. The Morgan fingerprint density at radius 1 is 1.36 bits per heavy atom. The van der Waals surface area contributed by atoms with E-state index >= 15 is 0 Å². The summed E-state index contributed by atoms with van der Waals surface area (Å²) in [5.41, 5.74) is 2.21. The van der Waals surface area contributed by atoms with Crippen LogP contribution in [0, 0.1) is 5.92 Å². The third kappa shape index (κ3) is 6.01. The van der Waals surface area contributed by atoms with E-state index in [9.17, 15) is 4.79 Å². The summed E-state index contributed by atoms with van der Waals surface area (Å²) in [6.07, 6.45) is 2.86. The lowest BCUT2D eigenvalue weighted by atomic mass is 10.0. The van der Waals surface area contributed by atoms with Gasteiger partial charge >= 0.3 is 0 Å². The Labute approximate surface area is 138 Å². The molecule has 1 fully saturated rings. The summed E-state index contributed by atoms with van der Waals surface area (Å²) >= 11 is 2.03. The van der Waals surface area contributed by atoms with Crippen molar-refractivity contribution in [1.29, 1.82) is 0 Å². The zero-order chi connectivity index (χ0) is 15.8. The largest absolute Gasteiger partial charge is 0.326 e. The highest BCUT2D eigenvalue weighted by Gasteiger charge is 2.12. The Bertz CT molecular complexity index is 472. The van der Waals surface area contributed by atoms with Crippen LogP contribution in [0.5, 0.6) is 0 Å². The third-order valence-electron chi connectivity index (χ3n) is 4.04. The van der Waals surface area contributed by atoms with E-state index in [0.29, 0.717) is 12.3 Å². The van der Waals surface area contributed by atoms with E-state index in [0.717, 1.165) is 38.2 Å². The number of benzene rings is 1. The molecule has 1 unspecified atom stereocenters. The number of amides is 1. The fourth-order valence-corrected chi connectivity index (χ4v) is 3.87. The maximum atomic E-state index is 12.1. The van der Waals surface area contributed by atoms with Gasteiger partial charge in [0.2, 0.25) is 5.91 Å². The van der Waals surface area contributed by atoms with Crippen LogP contribution in [0.4, 0.5) is 5.69 Å². The molecule has 1 aromatic carbocycles. The average Bonchev–Trinajstić information content (AvgIpc) is 2.48. The number of nitrogens with zero attached hydrogens (tertiary/aromatic N) is 1. The van der Waals surface area contributed by atoms with Gasteiger partial charge in [0.25, 0.3) is 0 Å². The van der Waals surface area contributed by atoms with Gasteiger partial charge in [0, 0.05) is 43.2 Å². The summed E-state index contributed by atoms with van der Waals surface area (Å²) in [6.45, 7) is 7.62. The first-order valence-corrected chi connectivity index (χ1v) is 9.51. The highest BCUT2D eigenvalue weighted by Crippen LogP contribution is 2.17. The molecule has 1 aliphatic heterocycles. The molecule has 22 heavy (non-hydrogen) atoms. The lowest BCUT2D eigenvalue weighted by Crippen LogP contribution is -2.31. The van der Waals surface area contributed by atoms with Crippen LogP contribution in [-0.2, 0) is 11.3 Å². The molecule has 1 aliphatic rings. The van der Waals surface area contributed by atoms with Gasteiger partial charge in [0.05, 0.1) is 0 Å². The minimum Gasteiger partial charge on any atom is -0.326 e. The number of thioether (sulfide) groups is 1. The topological polar surface area (TPSA) is 32.3 Å². The standard InChI is InChI=1S/C18H28N2OS/c1-3-5-15(2)12-18(21)19-17-7-4-6-16(13-17)14-20-8-10-22-11-9-20/h4,6-7,13,15H,3,5,8-12,14H2,1-2H3,(H,19,21). The van der Waals surface area contributed by atoms with E-state index in [1.165, 1.54) is 17.1 Å². The molecular formula is C18H28N2OS. The highest BCUT2D eigenvalue weighted by atomic mass is 32.2. The van der Waals surface area contributed by atoms with Crippen molar-refractivity contribution in [2.45, 2.75) is 39.7 Å². The molecule has 2 rings (SSSR count). The molecular weight excluding hydrogens is 292 g/mol. The Morgan fingerprint density at radius 3 is 2.86 bits per heavy atom. The zero-order valence-corrected chi connectivity index (χ0v) is 14.6. The van der Waals surface area contributed by atoms with Crippen LogP contribution >= 0.6 is 11.8 Å². The third-order valence-corrected chi connectivity index (χ3v) is 4.98. The van der Waals surface area contributed by atoms with Crippen LogP contribution < -0.4 is 5.32 Å². The van der Waals surface area contributed by atoms with Crippen LogP contribution in [-0.4, -0.2) is 35.4 Å². The van der Waals surface area contributed by atoms with Gasteiger partial charge in [-0.05, 0) is 23.6 Å². The van der Waals surface area contributed by atoms with Gasteiger partial charge in [-0.3, -0.25) is 9.69 Å². The Morgan fingerprint density at radius 2 is 2.14 bits per heavy atom. The molecule has 1 aromatic rings. The van der Waals surface area contributed by atoms with E-state index < -0.39 is 0 Å². The molecule has 1 amide bonds. The van der Waals surface area contributed by atoms with Crippen molar-refractivity contribution in [3.63, 3.8) is 0 Å². The number of rotatable bonds is 7. The number of anilines is 1. The number of carbonyl (C=O) groups is 1. The minimum atomic E-state index is 0.132. The first kappa shape index (κ1) is 17.4. The van der Waals surface area contributed by atoms with Gasteiger partial charge in [-0.25, -0.2) is 0 Å². The molecule has 0 aromatic heterocycles. The van der Waals surface area contributed by atoms with E-state index in [1.807, 2.05) is 23.9 Å². The van der Waals surface area contributed by atoms with Gasteiger partial charge < -0.3 is 5.32 Å². The van der Waals surface area contributed by atoms with Crippen molar-refractivity contribution >= 4 is 23.4 Å². The summed E-state index contributed by atoms with van der Waals surface area (Å²) in [7, 11) is 0. The van der Waals surface area contributed by atoms with Gasteiger partial charge in [-0.15, -0.1) is 0 Å². The van der Waals surface area contributed by atoms with Crippen molar-refractivity contribution in [3.05, 3.63) is 29.8 Å². The van der Waals surface area contributed by atoms with Crippen molar-refractivity contribution in [1.82, 2.24) is 4.90 Å². The predicted octanol–water partition coefficient (Wildman–Crippen LogP) is 4.00. The summed E-state index contributed by atoms with van der Waals surface area (Å²) in [5.74, 6) is 3.05. The zero-order valence-electron chi connectivity index (χ0n) is 13.8. The van der Waals surface area contributed by atoms with Crippen LogP contribution in [0.3, 0.4) is 0 Å². The summed E-state index contributed by atoms with van der Waals surface area (Å²) in [4.78, 5) is 14.6. The Hall–Kier alpha value is -1.00. The average molecular weight is 321 g/mol. The number of nitrogens with one attached hydrogen (secondary N) is 1. The second-order valence-electron chi connectivity index (χ2n) is 6.24. The van der Waals surface area contributed by atoms with E-state index in [4.69, 9.17) is 0 Å². The van der Waals surface area contributed by atoms with Crippen molar-refractivity contribution < 1.29 is 4.79 Å². The molecule has 0 spiro atoms. The normalized spacial score (nSPS) is 17.2. The molecule has 1 heterocycles. The van der Waals surface area contributed by atoms with Crippen LogP contribution in [0.1, 0.15) is 38.7 Å². The SMILES string of the molecule is CCCC(C)CC(=O)Nc1cccc(CN2CCSCC2)c1. The fraction of sp³-hybridized carbons (Fsp3) is 0.611. The van der Waals surface area contributed by atoms with E-state index in [1.54, 1.807) is 0 Å². The summed E-state index contributed by atoms with van der Waals surface area (Å²) in [6, 6.07) is 8.29. The van der Waals surface area contributed by atoms with Gasteiger partial charge in [0.15, 0.2) is 0 Å². The van der Waals surface area contributed by atoms with Crippen molar-refractivity contribution in [2.75, 3.05) is 29.9 Å². The summed E-state index contributed by atoms with van der Waals surface area (Å²) in [5, 5.41) is 3.05. The number of hydrogen-bond donors (Lipinski definition) is 1. The molecule has 1 saturated heterocycles. The van der Waals surface area contributed by atoms with Crippen LogP contribution in [0.25, 0.3) is 0 Å². The molecule has 0 radical (unpaired) electrons. The second kappa shape index (κ2) is 9.21. The first-order valence-electron chi connectivity index (χ1n) is 8.36. The molecule has 0 bridgehead atoms. The predicted molar refractivity (Wildman–Crippen MR) is 96.4 cm³/mol. The molecule has 1 N–H and O–H groups in total. The maximum absolute atomic E-state index is 12.1. The van der Waals surface area contributed by atoms with Gasteiger partial charge in [-0.2, -0.15) is 11.8 Å². The Balaban J connectivity index is 1.86. The van der Waals surface area contributed by atoms with Gasteiger partial charge in [0.1, 0.15) is 0 Å². The van der Waals surface area contributed by atoms with Gasteiger partial charge in [-0.1, -0.05) is 38.8 Å². The quantitative estimate of drug-likeness (QED) is 0.824. The molecule has 3 nitrogen and oxygen atoms in total.